The second-order valence-corrected chi connectivity index (χ2v) is 9.22. The lowest BCUT2D eigenvalue weighted by Crippen LogP contribution is -2.50. The third kappa shape index (κ3) is 6.39. The molecular formula is C23H10BrClF11N3O2. The van der Waals surface area contributed by atoms with Gasteiger partial charge in [-0.25, -0.2) is 13.8 Å². The molecule has 0 bridgehead atoms. The summed E-state index contributed by atoms with van der Waals surface area (Å²) in [5, 5.41) is 3.66. The Balaban J connectivity index is 2.04. The van der Waals surface area contributed by atoms with Crippen LogP contribution in [0.25, 0.3) is 0 Å². The first-order valence-electron chi connectivity index (χ1n) is 10.4. The van der Waals surface area contributed by atoms with E-state index in [4.69, 9.17) is 11.6 Å². The van der Waals surface area contributed by atoms with E-state index in [1.165, 1.54) is 12.1 Å². The highest BCUT2D eigenvalue weighted by Gasteiger charge is 2.73. The number of pyridine rings is 1. The number of carbonyl (C=O) groups excluding carboxylic acids is 2. The van der Waals surface area contributed by atoms with Crippen LogP contribution in [0.3, 0.4) is 0 Å². The van der Waals surface area contributed by atoms with E-state index in [9.17, 15) is 53.5 Å². The van der Waals surface area contributed by atoms with Crippen molar-refractivity contribution < 1.29 is 57.9 Å². The zero-order chi connectivity index (χ0) is 31.1. The molecule has 2 N–H and O–H groups in total. The molecule has 0 aliphatic carbocycles. The number of rotatable bonds is 5. The highest BCUT2D eigenvalue weighted by atomic mass is 79.9. The van der Waals surface area contributed by atoms with Gasteiger partial charge in [-0.2, -0.15) is 39.5 Å². The lowest BCUT2D eigenvalue weighted by molar-refractivity contribution is -0.348. The SMILES string of the molecule is O=C(Nc1cccc(C(=O)Nc2c(Br)cc(C(F)(C(F)(F)F)C(F)(F)F)cc2C(F)(F)F)c1F)c1ccc(Cl)nc1. The molecule has 0 saturated heterocycles. The first-order chi connectivity index (χ1) is 18.7. The first kappa shape index (κ1) is 32.0. The maximum absolute atomic E-state index is 15.0. The average Bonchev–Trinajstić information content (AvgIpc) is 2.84. The molecule has 0 aliphatic rings. The van der Waals surface area contributed by atoms with Gasteiger partial charge in [-0.05, 0) is 52.3 Å². The molecule has 220 valence electrons. The van der Waals surface area contributed by atoms with Gasteiger partial charge < -0.3 is 10.6 Å². The minimum atomic E-state index is -6.73. The van der Waals surface area contributed by atoms with Crippen molar-refractivity contribution in [2.75, 3.05) is 10.6 Å². The summed E-state index contributed by atoms with van der Waals surface area (Å²) < 4.78 is 148. The summed E-state index contributed by atoms with van der Waals surface area (Å²) >= 11 is 7.94. The number of nitrogens with zero attached hydrogens (tertiary/aromatic N) is 1. The maximum atomic E-state index is 15.0. The Morgan fingerprint density at radius 3 is 1.95 bits per heavy atom. The second-order valence-electron chi connectivity index (χ2n) is 7.98. The smallest absolute Gasteiger partial charge is 0.320 e. The lowest BCUT2D eigenvalue weighted by Gasteiger charge is -2.31. The van der Waals surface area contributed by atoms with Crippen LogP contribution in [0.15, 0.2) is 53.1 Å². The number of alkyl halides is 10. The molecule has 18 heteroatoms. The fraction of sp³-hybridized carbons (Fsp3) is 0.174. The Morgan fingerprint density at radius 2 is 1.44 bits per heavy atom. The molecule has 1 heterocycles. The van der Waals surface area contributed by atoms with Crippen molar-refractivity contribution in [1.82, 2.24) is 4.98 Å². The predicted molar refractivity (Wildman–Crippen MR) is 126 cm³/mol. The van der Waals surface area contributed by atoms with Crippen LogP contribution in [-0.2, 0) is 11.8 Å². The van der Waals surface area contributed by atoms with E-state index in [2.05, 4.69) is 26.2 Å². The number of hydrogen-bond donors (Lipinski definition) is 2. The van der Waals surface area contributed by atoms with E-state index < -0.39 is 80.4 Å². The quantitative estimate of drug-likeness (QED) is 0.209. The number of benzene rings is 2. The summed E-state index contributed by atoms with van der Waals surface area (Å²) in [5.74, 6) is -4.07. The Bertz CT molecular complexity index is 1480. The van der Waals surface area contributed by atoms with Crippen LogP contribution in [0.1, 0.15) is 31.8 Å². The van der Waals surface area contributed by atoms with Gasteiger partial charge in [-0.1, -0.05) is 17.7 Å². The van der Waals surface area contributed by atoms with Crippen molar-refractivity contribution in [1.29, 1.82) is 0 Å². The molecule has 5 nitrogen and oxygen atoms in total. The van der Waals surface area contributed by atoms with Gasteiger partial charge in [0.15, 0.2) is 5.82 Å². The molecule has 2 aromatic carbocycles. The standard InChI is InChI=1S/C23H10BrClF11N3O2/c24-13-7-10(20(27,22(31,32)33)23(34,35)36)6-12(21(28,29)30)17(13)39-19(41)11-2-1-3-14(16(11)26)38-18(40)9-4-5-15(25)37-8-9/h1-8H,(H,38,40)(H,39,41). The monoisotopic (exact) mass is 683 g/mol. The van der Waals surface area contributed by atoms with E-state index in [0.29, 0.717) is 0 Å². The van der Waals surface area contributed by atoms with Crippen molar-refractivity contribution in [3.8, 4) is 0 Å². The molecule has 0 unspecified atom stereocenters. The Labute approximate surface area is 234 Å². The molecule has 0 atom stereocenters. The third-order valence-electron chi connectivity index (χ3n) is 5.29. The molecule has 0 aliphatic heterocycles. The van der Waals surface area contributed by atoms with Gasteiger partial charge in [-0.3, -0.25) is 9.59 Å². The summed E-state index contributed by atoms with van der Waals surface area (Å²) in [6.45, 7) is 0. The van der Waals surface area contributed by atoms with E-state index in [0.717, 1.165) is 24.4 Å². The predicted octanol–water partition coefficient (Wildman–Crippen LogP) is 8.45. The zero-order valence-corrected chi connectivity index (χ0v) is 21.6. The highest BCUT2D eigenvalue weighted by Crippen LogP contribution is 2.55. The van der Waals surface area contributed by atoms with Gasteiger partial charge in [0.1, 0.15) is 5.15 Å². The Hall–Kier alpha value is -3.47. The minimum Gasteiger partial charge on any atom is -0.320 e. The van der Waals surface area contributed by atoms with Crippen molar-refractivity contribution in [2.24, 2.45) is 0 Å². The summed E-state index contributed by atoms with van der Waals surface area (Å²) in [6.07, 6.45) is -18.2. The van der Waals surface area contributed by atoms with E-state index >= 15 is 4.39 Å². The van der Waals surface area contributed by atoms with E-state index in [1.807, 2.05) is 0 Å². The van der Waals surface area contributed by atoms with Crippen molar-refractivity contribution in [2.45, 2.75) is 24.2 Å². The van der Waals surface area contributed by atoms with Crippen LogP contribution < -0.4 is 10.6 Å². The fourth-order valence-electron chi connectivity index (χ4n) is 3.33. The fourth-order valence-corrected chi connectivity index (χ4v) is 4.00. The summed E-state index contributed by atoms with van der Waals surface area (Å²) in [5.41, 5.74) is -14.2. The van der Waals surface area contributed by atoms with Gasteiger partial charge in [-0.15, -0.1) is 0 Å². The second kappa shape index (κ2) is 11.1. The van der Waals surface area contributed by atoms with Crippen LogP contribution in [0.4, 0.5) is 59.7 Å². The van der Waals surface area contributed by atoms with Crippen molar-refractivity contribution in [3.05, 3.63) is 86.4 Å². The Morgan fingerprint density at radius 1 is 0.829 bits per heavy atom. The molecule has 1 aromatic heterocycles. The van der Waals surface area contributed by atoms with E-state index in [1.54, 1.807) is 5.32 Å². The normalized spacial score (nSPS) is 12.7. The summed E-state index contributed by atoms with van der Waals surface area (Å²) in [7, 11) is 0. The zero-order valence-electron chi connectivity index (χ0n) is 19.3. The van der Waals surface area contributed by atoms with Gasteiger partial charge in [0.2, 0.25) is 0 Å². The summed E-state index contributed by atoms with van der Waals surface area (Å²) in [6, 6.07) is 4.14. The molecular weight excluding hydrogens is 675 g/mol. The van der Waals surface area contributed by atoms with Crippen LogP contribution in [0, 0.1) is 5.82 Å². The number of nitrogens with one attached hydrogen (secondary N) is 2. The van der Waals surface area contributed by atoms with Crippen molar-refractivity contribution in [3.63, 3.8) is 0 Å². The van der Waals surface area contributed by atoms with Crippen LogP contribution in [0.5, 0.6) is 0 Å². The molecule has 3 aromatic rings. The van der Waals surface area contributed by atoms with Gasteiger partial charge >= 0.3 is 24.2 Å². The molecule has 3 rings (SSSR count). The molecule has 0 fully saturated rings. The maximum Gasteiger partial charge on any atom is 0.435 e. The van der Waals surface area contributed by atoms with E-state index in [-0.39, 0.29) is 16.8 Å². The number of halogens is 13. The Kier molecular flexibility index (Phi) is 8.66. The largest absolute Gasteiger partial charge is 0.435 e. The number of amides is 2. The topological polar surface area (TPSA) is 71.1 Å². The molecule has 0 spiro atoms. The average molecular weight is 685 g/mol. The van der Waals surface area contributed by atoms with Crippen LogP contribution in [0.2, 0.25) is 5.15 Å². The molecule has 0 radical (unpaired) electrons. The number of hydrogen-bond acceptors (Lipinski definition) is 3. The van der Waals surface area contributed by atoms with Gasteiger partial charge in [0.25, 0.3) is 11.8 Å². The van der Waals surface area contributed by atoms with Gasteiger partial charge in [0.05, 0.1) is 28.1 Å². The van der Waals surface area contributed by atoms with Crippen LogP contribution >= 0.6 is 27.5 Å². The van der Waals surface area contributed by atoms with Crippen molar-refractivity contribution >= 4 is 50.7 Å². The number of carbonyl (C=O) groups is 2. The first-order valence-corrected chi connectivity index (χ1v) is 11.6. The molecule has 41 heavy (non-hydrogen) atoms. The number of aromatic nitrogens is 1. The van der Waals surface area contributed by atoms with Gasteiger partial charge in [0, 0.05) is 16.2 Å². The number of anilines is 2. The third-order valence-corrected chi connectivity index (χ3v) is 6.14. The van der Waals surface area contributed by atoms with Crippen LogP contribution in [-0.4, -0.2) is 29.2 Å². The molecule has 2 amide bonds. The minimum absolute atomic E-state index is 0.0258. The molecule has 0 saturated carbocycles. The summed E-state index contributed by atoms with van der Waals surface area (Å²) in [4.78, 5) is 28.7. The lowest BCUT2D eigenvalue weighted by atomic mass is 9.92. The highest BCUT2D eigenvalue weighted by molar-refractivity contribution is 9.10.